The van der Waals surface area contributed by atoms with Gasteiger partial charge >= 0.3 is 0 Å². The molecule has 1 aliphatic rings. The zero-order valence-electron chi connectivity index (χ0n) is 12.7. The van der Waals surface area contributed by atoms with E-state index in [0.29, 0.717) is 18.7 Å². The lowest BCUT2D eigenvalue weighted by atomic mass is 10.1. The Labute approximate surface area is 125 Å². The first-order valence-electron chi connectivity index (χ1n) is 7.48. The number of aromatic hydroxyl groups is 1. The molecule has 3 N–H and O–H groups in total. The van der Waals surface area contributed by atoms with Crippen LogP contribution < -0.4 is 10.6 Å². The molecule has 0 radical (unpaired) electrons. The lowest BCUT2D eigenvalue weighted by Crippen LogP contribution is -2.33. The van der Waals surface area contributed by atoms with Gasteiger partial charge in [0.15, 0.2) is 0 Å². The molecule has 5 heteroatoms. The van der Waals surface area contributed by atoms with Crippen LogP contribution in [0.3, 0.4) is 0 Å². The fourth-order valence-corrected chi connectivity index (χ4v) is 2.55. The number of nitrogens with one attached hydrogen (secondary N) is 2. The Morgan fingerprint density at radius 1 is 1.38 bits per heavy atom. The lowest BCUT2D eigenvalue weighted by molar-refractivity contribution is -0.117. The predicted octanol–water partition coefficient (Wildman–Crippen LogP) is 2.11. The van der Waals surface area contributed by atoms with E-state index in [1.807, 2.05) is 19.9 Å². The smallest absolute Gasteiger partial charge is 0.226 e. The molecular formula is C16H24N2O3. The molecule has 0 bridgehead atoms. The predicted molar refractivity (Wildman–Crippen MR) is 82.7 cm³/mol. The second-order valence-corrected chi connectivity index (χ2v) is 5.60. The third kappa shape index (κ3) is 4.72. The second-order valence-electron chi connectivity index (χ2n) is 5.60. The van der Waals surface area contributed by atoms with Crippen LogP contribution in [0.25, 0.3) is 0 Å². The summed E-state index contributed by atoms with van der Waals surface area (Å²) >= 11 is 0. The summed E-state index contributed by atoms with van der Waals surface area (Å²) in [6.07, 6.45) is 2.56. The molecule has 1 aromatic carbocycles. The van der Waals surface area contributed by atoms with Crippen LogP contribution >= 0.6 is 0 Å². The second kappa shape index (κ2) is 7.43. The van der Waals surface area contributed by atoms with E-state index in [9.17, 15) is 9.90 Å². The Balaban J connectivity index is 1.79. The van der Waals surface area contributed by atoms with Crippen molar-refractivity contribution >= 4 is 11.6 Å². The molecule has 0 aliphatic carbocycles. The Morgan fingerprint density at radius 2 is 2.10 bits per heavy atom. The minimum atomic E-state index is -0.135. The highest BCUT2D eigenvalue weighted by atomic mass is 16.5. The number of phenols is 1. The Hall–Kier alpha value is -1.59. The molecule has 116 valence electrons. The molecule has 0 saturated carbocycles. The third-order valence-electron chi connectivity index (χ3n) is 3.69. The molecule has 1 heterocycles. The van der Waals surface area contributed by atoms with Gasteiger partial charge in [-0.3, -0.25) is 4.79 Å². The highest BCUT2D eigenvalue weighted by Gasteiger charge is 2.14. The van der Waals surface area contributed by atoms with Crippen molar-refractivity contribution in [3.05, 3.63) is 23.3 Å². The highest BCUT2D eigenvalue weighted by molar-refractivity contribution is 5.92. The summed E-state index contributed by atoms with van der Waals surface area (Å²) in [4.78, 5) is 11.9. The van der Waals surface area contributed by atoms with Crippen molar-refractivity contribution in [1.29, 1.82) is 0 Å². The molecule has 1 fully saturated rings. The number of ether oxygens (including phenoxy) is 1. The number of hydrogen-bond donors (Lipinski definition) is 3. The summed E-state index contributed by atoms with van der Waals surface area (Å²) in [6.45, 7) is 6.13. The van der Waals surface area contributed by atoms with Gasteiger partial charge < -0.3 is 20.5 Å². The first kappa shape index (κ1) is 15.8. The van der Waals surface area contributed by atoms with Crippen LogP contribution in [0.2, 0.25) is 0 Å². The van der Waals surface area contributed by atoms with E-state index in [2.05, 4.69) is 10.6 Å². The average molecular weight is 292 g/mol. The number of benzene rings is 1. The summed E-state index contributed by atoms with van der Waals surface area (Å²) in [7, 11) is 0. The standard InChI is InChI=1S/C16H24N2O3/c1-11-9-12(2)16(20)14(10-11)18-15(19)5-8-21-13-3-6-17-7-4-13/h9-10,13,17,20H,3-8H2,1-2H3,(H,18,19). The summed E-state index contributed by atoms with van der Waals surface area (Å²) in [6, 6.07) is 3.65. The molecular weight excluding hydrogens is 268 g/mol. The number of anilines is 1. The van der Waals surface area contributed by atoms with E-state index in [-0.39, 0.29) is 17.8 Å². The largest absolute Gasteiger partial charge is 0.505 e. The van der Waals surface area contributed by atoms with Crippen LogP contribution in [0.1, 0.15) is 30.4 Å². The number of hydrogen-bond acceptors (Lipinski definition) is 4. The average Bonchev–Trinajstić information content (AvgIpc) is 2.45. The topological polar surface area (TPSA) is 70.6 Å². The minimum absolute atomic E-state index is 0.133. The summed E-state index contributed by atoms with van der Waals surface area (Å²) in [5, 5.41) is 16.0. The van der Waals surface area contributed by atoms with Crippen LogP contribution in [-0.4, -0.2) is 36.8 Å². The molecule has 1 aromatic rings. The summed E-state index contributed by atoms with van der Waals surface area (Å²) in [5.41, 5.74) is 2.24. The van der Waals surface area contributed by atoms with E-state index in [0.717, 1.165) is 37.1 Å². The van der Waals surface area contributed by atoms with Crippen molar-refractivity contribution in [2.24, 2.45) is 0 Å². The normalized spacial score (nSPS) is 15.9. The van der Waals surface area contributed by atoms with Crippen LogP contribution in [0.5, 0.6) is 5.75 Å². The first-order valence-corrected chi connectivity index (χ1v) is 7.48. The van der Waals surface area contributed by atoms with Crippen LogP contribution in [0.15, 0.2) is 12.1 Å². The van der Waals surface area contributed by atoms with Crippen molar-refractivity contribution in [3.8, 4) is 5.75 Å². The van der Waals surface area contributed by atoms with Crippen molar-refractivity contribution < 1.29 is 14.6 Å². The number of rotatable bonds is 5. The molecule has 2 rings (SSSR count). The molecule has 0 atom stereocenters. The molecule has 0 unspecified atom stereocenters. The van der Waals surface area contributed by atoms with Crippen molar-refractivity contribution in [3.63, 3.8) is 0 Å². The number of carbonyl (C=O) groups is 1. The minimum Gasteiger partial charge on any atom is -0.505 e. The molecule has 0 aromatic heterocycles. The van der Waals surface area contributed by atoms with E-state index in [1.54, 1.807) is 6.07 Å². The van der Waals surface area contributed by atoms with Crippen molar-refractivity contribution in [1.82, 2.24) is 5.32 Å². The zero-order valence-corrected chi connectivity index (χ0v) is 12.7. The number of amides is 1. The maximum Gasteiger partial charge on any atom is 0.226 e. The molecule has 1 aliphatic heterocycles. The summed E-state index contributed by atoms with van der Waals surface area (Å²) < 4.78 is 5.71. The SMILES string of the molecule is Cc1cc(C)c(O)c(NC(=O)CCOC2CCNCC2)c1. The first-order chi connectivity index (χ1) is 10.1. The van der Waals surface area contributed by atoms with Gasteiger partial charge in [-0.1, -0.05) is 6.07 Å². The van der Waals surface area contributed by atoms with Crippen molar-refractivity contribution in [2.75, 3.05) is 25.0 Å². The van der Waals surface area contributed by atoms with E-state index in [4.69, 9.17) is 4.74 Å². The van der Waals surface area contributed by atoms with Crippen LogP contribution in [-0.2, 0) is 9.53 Å². The number of carbonyl (C=O) groups excluding carboxylic acids is 1. The van der Waals surface area contributed by atoms with Gasteiger partial charge in [0.2, 0.25) is 5.91 Å². The Bertz CT molecular complexity index is 497. The van der Waals surface area contributed by atoms with Crippen LogP contribution in [0.4, 0.5) is 5.69 Å². The Morgan fingerprint density at radius 3 is 2.81 bits per heavy atom. The number of aryl methyl sites for hydroxylation is 2. The van der Waals surface area contributed by atoms with Gasteiger partial charge in [0.05, 0.1) is 24.8 Å². The zero-order chi connectivity index (χ0) is 15.2. The Kier molecular flexibility index (Phi) is 5.59. The number of phenolic OH excluding ortho intramolecular Hbond substituents is 1. The van der Waals surface area contributed by atoms with Crippen LogP contribution in [0, 0.1) is 13.8 Å². The highest BCUT2D eigenvalue weighted by Crippen LogP contribution is 2.28. The maximum atomic E-state index is 11.9. The third-order valence-corrected chi connectivity index (χ3v) is 3.69. The molecule has 5 nitrogen and oxygen atoms in total. The van der Waals surface area contributed by atoms with Gasteiger partial charge in [0.1, 0.15) is 5.75 Å². The van der Waals surface area contributed by atoms with Gasteiger partial charge in [0.25, 0.3) is 0 Å². The lowest BCUT2D eigenvalue weighted by Gasteiger charge is -2.22. The van der Waals surface area contributed by atoms with E-state index < -0.39 is 0 Å². The molecule has 1 saturated heterocycles. The fraction of sp³-hybridized carbons (Fsp3) is 0.562. The van der Waals surface area contributed by atoms with Crippen molar-refractivity contribution in [2.45, 2.75) is 39.2 Å². The number of piperidine rings is 1. The van der Waals surface area contributed by atoms with Gasteiger partial charge in [-0.05, 0) is 57.0 Å². The summed E-state index contributed by atoms with van der Waals surface area (Å²) in [5.74, 6) is -0.00235. The molecule has 1 amide bonds. The van der Waals surface area contributed by atoms with Gasteiger partial charge in [-0.25, -0.2) is 0 Å². The fourth-order valence-electron chi connectivity index (χ4n) is 2.55. The van der Waals surface area contributed by atoms with E-state index in [1.165, 1.54) is 0 Å². The van der Waals surface area contributed by atoms with Gasteiger partial charge in [0, 0.05) is 0 Å². The van der Waals surface area contributed by atoms with Gasteiger partial charge in [-0.2, -0.15) is 0 Å². The van der Waals surface area contributed by atoms with Gasteiger partial charge in [-0.15, -0.1) is 0 Å². The molecule has 0 spiro atoms. The maximum absolute atomic E-state index is 11.9. The van der Waals surface area contributed by atoms with E-state index >= 15 is 0 Å². The molecule has 21 heavy (non-hydrogen) atoms. The monoisotopic (exact) mass is 292 g/mol. The quantitative estimate of drug-likeness (QED) is 0.727.